The lowest BCUT2D eigenvalue weighted by molar-refractivity contribution is 0.434. The van der Waals surface area contributed by atoms with Gasteiger partial charge in [-0.15, -0.1) is 5.10 Å². The van der Waals surface area contributed by atoms with Crippen molar-refractivity contribution in [2.24, 2.45) is 0 Å². The first kappa shape index (κ1) is 9.71. The van der Waals surface area contributed by atoms with Crippen molar-refractivity contribution in [1.82, 2.24) is 24.6 Å². The number of aryl methyl sites for hydroxylation is 1. The highest BCUT2D eigenvalue weighted by atomic mass is 16.3. The van der Waals surface area contributed by atoms with E-state index in [4.69, 9.17) is 0 Å². The van der Waals surface area contributed by atoms with E-state index in [-0.39, 0.29) is 5.88 Å². The van der Waals surface area contributed by atoms with E-state index in [1.54, 1.807) is 31.5 Å². The van der Waals surface area contributed by atoms with Crippen molar-refractivity contribution in [3.05, 3.63) is 36.3 Å². The molecule has 0 spiro atoms. The Kier molecular flexibility index (Phi) is 2.01. The van der Waals surface area contributed by atoms with Crippen molar-refractivity contribution in [3.8, 4) is 17.3 Å². The van der Waals surface area contributed by atoms with Gasteiger partial charge in [-0.25, -0.2) is 4.98 Å². The zero-order chi connectivity index (χ0) is 11.8. The largest absolute Gasteiger partial charge is 0.493 e. The SMILES string of the molecule is Cc1cc(O)n2nc(-c3ccncc3)nc2n1. The Balaban J connectivity index is 2.24. The van der Waals surface area contributed by atoms with Crippen LogP contribution in [0.4, 0.5) is 0 Å². The summed E-state index contributed by atoms with van der Waals surface area (Å²) in [6, 6.07) is 5.15. The molecule has 0 fully saturated rings. The lowest BCUT2D eigenvalue weighted by Gasteiger charge is -1.95. The topological polar surface area (TPSA) is 76.2 Å². The third-order valence-electron chi connectivity index (χ3n) is 2.36. The van der Waals surface area contributed by atoms with E-state index in [1.807, 2.05) is 0 Å². The number of pyridine rings is 1. The Morgan fingerprint density at radius 1 is 1.18 bits per heavy atom. The van der Waals surface area contributed by atoms with Crippen LogP contribution >= 0.6 is 0 Å². The van der Waals surface area contributed by atoms with Crippen LogP contribution in [0.15, 0.2) is 30.6 Å². The molecule has 6 nitrogen and oxygen atoms in total. The second kappa shape index (κ2) is 3.51. The third kappa shape index (κ3) is 1.59. The number of fused-ring (bicyclic) bond motifs is 1. The molecule has 0 atom stereocenters. The maximum atomic E-state index is 9.72. The summed E-state index contributed by atoms with van der Waals surface area (Å²) in [6.45, 7) is 1.79. The molecule has 0 unspecified atom stereocenters. The molecule has 3 aromatic rings. The monoisotopic (exact) mass is 227 g/mol. The van der Waals surface area contributed by atoms with Crippen molar-refractivity contribution >= 4 is 5.78 Å². The fourth-order valence-electron chi connectivity index (χ4n) is 1.59. The molecule has 3 heterocycles. The quantitative estimate of drug-likeness (QED) is 0.676. The minimum atomic E-state index is 0.0281. The molecule has 0 bridgehead atoms. The average Bonchev–Trinajstić information content (AvgIpc) is 2.74. The predicted molar refractivity (Wildman–Crippen MR) is 60.4 cm³/mol. The number of aromatic hydroxyl groups is 1. The third-order valence-corrected chi connectivity index (χ3v) is 2.36. The van der Waals surface area contributed by atoms with Gasteiger partial charge in [0, 0.05) is 29.7 Å². The second-order valence-corrected chi connectivity index (χ2v) is 3.64. The van der Waals surface area contributed by atoms with Gasteiger partial charge >= 0.3 is 0 Å². The van der Waals surface area contributed by atoms with E-state index in [1.165, 1.54) is 10.6 Å². The molecule has 0 saturated heterocycles. The summed E-state index contributed by atoms with van der Waals surface area (Å²) in [5, 5.41) is 13.9. The van der Waals surface area contributed by atoms with Gasteiger partial charge in [-0.2, -0.15) is 9.50 Å². The fourth-order valence-corrected chi connectivity index (χ4v) is 1.59. The molecule has 3 aromatic heterocycles. The van der Waals surface area contributed by atoms with Gasteiger partial charge in [0.2, 0.25) is 5.88 Å². The summed E-state index contributed by atoms with van der Waals surface area (Å²) in [4.78, 5) is 12.4. The fraction of sp³-hybridized carbons (Fsp3) is 0.0909. The van der Waals surface area contributed by atoms with Crippen LogP contribution < -0.4 is 0 Å². The number of hydrogen-bond donors (Lipinski definition) is 1. The molecule has 0 aliphatic rings. The molecular formula is C11H9N5O. The van der Waals surface area contributed by atoms with Crippen molar-refractivity contribution < 1.29 is 5.11 Å². The highest BCUT2D eigenvalue weighted by Gasteiger charge is 2.10. The highest BCUT2D eigenvalue weighted by Crippen LogP contribution is 2.17. The minimum absolute atomic E-state index is 0.0281. The van der Waals surface area contributed by atoms with Crippen molar-refractivity contribution in [1.29, 1.82) is 0 Å². The summed E-state index contributed by atoms with van der Waals surface area (Å²) < 4.78 is 1.31. The number of rotatable bonds is 1. The molecular weight excluding hydrogens is 218 g/mol. The highest BCUT2D eigenvalue weighted by molar-refractivity contribution is 5.56. The molecule has 3 rings (SSSR count). The summed E-state index contributed by atoms with van der Waals surface area (Å²) in [5.74, 6) is 0.926. The Hall–Kier alpha value is -2.50. The van der Waals surface area contributed by atoms with Gasteiger partial charge in [0.1, 0.15) is 0 Å². The van der Waals surface area contributed by atoms with E-state index in [0.717, 1.165) is 5.56 Å². The Labute approximate surface area is 96.6 Å². The van der Waals surface area contributed by atoms with E-state index < -0.39 is 0 Å². The van der Waals surface area contributed by atoms with Gasteiger partial charge in [-0.1, -0.05) is 0 Å². The molecule has 1 N–H and O–H groups in total. The molecule has 84 valence electrons. The van der Waals surface area contributed by atoms with Crippen LogP contribution in [0.2, 0.25) is 0 Å². The summed E-state index contributed by atoms with van der Waals surface area (Å²) in [7, 11) is 0. The number of hydrogen-bond acceptors (Lipinski definition) is 5. The van der Waals surface area contributed by atoms with Gasteiger partial charge in [-0.05, 0) is 19.1 Å². The molecule has 0 aliphatic heterocycles. The van der Waals surface area contributed by atoms with Gasteiger partial charge in [0.15, 0.2) is 5.82 Å². The lowest BCUT2D eigenvalue weighted by atomic mass is 10.3. The van der Waals surface area contributed by atoms with E-state index >= 15 is 0 Å². The molecule has 17 heavy (non-hydrogen) atoms. The maximum Gasteiger partial charge on any atom is 0.256 e. The Morgan fingerprint density at radius 2 is 1.94 bits per heavy atom. The van der Waals surface area contributed by atoms with Crippen LogP contribution in [-0.2, 0) is 0 Å². The minimum Gasteiger partial charge on any atom is -0.493 e. The number of aromatic nitrogens is 5. The van der Waals surface area contributed by atoms with E-state index in [9.17, 15) is 5.11 Å². The van der Waals surface area contributed by atoms with Crippen LogP contribution in [0.3, 0.4) is 0 Å². The normalized spacial score (nSPS) is 10.9. The van der Waals surface area contributed by atoms with Crippen LogP contribution in [0.25, 0.3) is 17.2 Å². The zero-order valence-electron chi connectivity index (χ0n) is 9.07. The van der Waals surface area contributed by atoms with E-state index in [0.29, 0.717) is 17.3 Å². The number of nitrogens with zero attached hydrogens (tertiary/aromatic N) is 5. The maximum absolute atomic E-state index is 9.72. The van der Waals surface area contributed by atoms with Crippen LogP contribution in [0, 0.1) is 6.92 Å². The molecule has 0 aromatic carbocycles. The van der Waals surface area contributed by atoms with Crippen LogP contribution in [0.1, 0.15) is 5.69 Å². The standard InChI is InChI=1S/C11H9N5O/c1-7-6-9(17)16-11(13-7)14-10(15-16)8-2-4-12-5-3-8/h2-6,17H,1H3. The van der Waals surface area contributed by atoms with Crippen LogP contribution in [-0.4, -0.2) is 29.7 Å². The van der Waals surface area contributed by atoms with Gasteiger partial charge < -0.3 is 5.11 Å². The summed E-state index contributed by atoms with van der Waals surface area (Å²) in [5.41, 5.74) is 1.53. The second-order valence-electron chi connectivity index (χ2n) is 3.64. The smallest absolute Gasteiger partial charge is 0.256 e. The van der Waals surface area contributed by atoms with E-state index in [2.05, 4.69) is 20.1 Å². The first-order chi connectivity index (χ1) is 8.24. The first-order valence-corrected chi connectivity index (χ1v) is 5.08. The Bertz CT molecular complexity index is 677. The van der Waals surface area contributed by atoms with Gasteiger partial charge in [0.25, 0.3) is 5.78 Å². The van der Waals surface area contributed by atoms with Crippen molar-refractivity contribution in [2.45, 2.75) is 6.92 Å². The van der Waals surface area contributed by atoms with Crippen molar-refractivity contribution in [2.75, 3.05) is 0 Å². The van der Waals surface area contributed by atoms with Gasteiger partial charge in [0.05, 0.1) is 0 Å². The average molecular weight is 227 g/mol. The molecule has 0 amide bonds. The Morgan fingerprint density at radius 3 is 2.71 bits per heavy atom. The van der Waals surface area contributed by atoms with Crippen molar-refractivity contribution in [3.63, 3.8) is 0 Å². The predicted octanol–water partition coefficient (Wildman–Crippen LogP) is 1.20. The molecule has 6 heteroatoms. The molecule has 0 saturated carbocycles. The molecule has 0 aliphatic carbocycles. The summed E-state index contributed by atoms with van der Waals surface area (Å²) >= 11 is 0. The van der Waals surface area contributed by atoms with Crippen LogP contribution in [0.5, 0.6) is 5.88 Å². The molecule has 0 radical (unpaired) electrons. The zero-order valence-corrected chi connectivity index (χ0v) is 9.07. The van der Waals surface area contributed by atoms with Gasteiger partial charge in [-0.3, -0.25) is 4.98 Å². The lowest BCUT2D eigenvalue weighted by Crippen LogP contribution is -1.93. The summed E-state index contributed by atoms with van der Waals surface area (Å²) in [6.07, 6.45) is 3.33. The first-order valence-electron chi connectivity index (χ1n) is 5.08.